The molecule has 0 heterocycles. The molecule has 0 radical (unpaired) electrons. The standard InChI is InChI=1S/C2H6BrN.Ti/c1-4(2)3;/h1-2H3;. The Kier molecular flexibility index (Phi) is 9.77. The monoisotopic (exact) mass is 171 g/mol. The molecule has 0 bridgehead atoms. The maximum absolute atomic E-state index is 3.10. The van der Waals surface area contributed by atoms with Crippen molar-refractivity contribution in [2.75, 3.05) is 14.1 Å². The van der Waals surface area contributed by atoms with E-state index in [2.05, 4.69) is 16.1 Å². The van der Waals surface area contributed by atoms with Gasteiger partial charge in [0, 0.05) is 37.9 Å². The van der Waals surface area contributed by atoms with Gasteiger partial charge in [0.2, 0.25) is 0 Å². The van der Waals surface area contributed by atoms with Crippen LogP contribution in [-0.2, 0) is 21.7 Å². The van der Waals surface area contributed by atoms with E-state index in [1.807, 2.05) is 18.0 Å². The molecule has 0 aliphatic rings. The first kappa shape index (κ1) is 9.47. The number of rotatable bonds is 0. The summed E-state index contributed by atoms with van der Waals surface area (Å²) in [6.45, 7) is 0. The van der Waals surface area contributed by atoms with Gasteiger partial charge in [0.1, 0.15) is 0 Å². The first-order valence-electron chi connectivity index (χ1n) is 1.06. The molecule has 5 heavy (non-hydrogen) atoms. The van der Waals surface area contributed by atoms with Crippen LogP contribution >= 0.6 is 16.1 Å². The Morgan fingerprint density at radius 1 is 1.40 bits per heavy atom. The molecule has 0 aromatic heterocycles. The summed E-state index contributed by atoms with van der Waals surface area (Å²) in [5.41, 5.74) is 0. The Morgan fingerprint density at radius 2 is 1.40 bits per heavy atom. The number of hydrogen-bond acceptors (Lipinski definition) is 1. The van der Waals surface area contributed by atoms with E-state index in [0.717, 1.165) is 0 Å². The van der Waals surface area contributed by atoms with Crippen LogP contribution < -0.4 is 0 Å². The van der Waals surface area contributed by atoms with Crippen LogP contribution in [0.3, 0.4) is 0 Å². The molecule has 0 amide bonds. The number of halogens is 1. The van der Waals surface area contributed by atoms with Crippen molar-refractivity contribution in [1.82, 2.24) is 3.93 Å². The molecular formula is C2H6BrNTi. The van der Waals surface area contributed by atoms with E-state index in [-0.39, 0.29) is 21.7 Å². The second kappa shape index (κ2) is 5.15. The van der Waals surface area contributed by atoms with E-state index in [4.69, 9.17) is 0 Å². The van der Waals surface area contributed by atoms with Crippen molar-refractivity contribution in [3.63, 3.8) is 0 Å². The number of hydrogen-bond donors (Lipinski definition) is 0. The zero-order valence-electron chi connectivity index (χ0n) is 3.33. The third-order valence-electron chi connectivity index (χ3n) is 0. The van der Waals surface area contributed by atoms with E-state index in [9.17, 15) is 0 Å². The smallest absolute Gasteiger partial charge is 0.0114 e. The largest absolute Gasteiger partial charge is 0.249 e. The minimum absolute atomic E-state index is 0. The summed E-state index contributed by atoms with van der Waals surface area (Å²) in [7, 11) is 3.83. The molecule has 0 unspecified atom stereocenters. The van der Waals surface area contributed by atoms with Crippen LogP contribution in [0, 0.1) is 0 Å². The topological polar surface area (TPSA) is 3.24 Å². The second-order valence-corrected chi connectivity index (χ2v) is 2.20. The summed E-state index contributed by atoms with van der Waals surface area (Å²) >= 11 is 3.10. The van der Waals surface area contributed by atoms with Gasteiger partial charge in [-0.1, -0.05) is 0 Å². The predicted molar refractivity (Wildman–Crippen MR) is 22.6 cm³/mol. The minimum atomic E-state index is 0. The van der Waals surface area contributed by atoms with Gasteiger partial charge in [0.15, 0.2) is 0 Å². The maximum Gasteiger partial charge on any atom is 0.0114 e. The Morgan fingerprint density at radius 3 is 1.40 bits per heavy atom. The van der Waals surface area contributed by atoms with Crippen LogP contribution in [0.15, 0.2) is 0 Å². The molecule has 0 atom stereocenters. The van der Waals surface area contributed by atoms with Crippen molar-refractivity contribution in [3.05, 3.63) is 0 Å². The SMILES string of the molecule is CN(C)Br.[Ti]. The van der Waals surface area contributed by atoms with E-state index >= 15 is 0 Å². The van der Waals surface area contributed by atoms with Crippen LogP contribution in [0.5, 0.6) is 0 Å². The molecule has 3 heteroatoms. The summed E-state index contributed by atoms with van der Waals surface area (Å²) in [6, 6.07) is 0. The normalized spacial score (nSPS) is 7.20. The van der Waals surface area contributed by atoms with Crippen LogP contribution in [0.4, 0.5) is 0 Å². The third-order valence-corrected chi connectivity index (χ3v) is 0. The zero-order chi connectivity index (χ0) is 3.58. The van der Waals surface area contributed by atoms with E-state index in [1.165, 1.54) is 0 Å². The zero-order valence-corrected chi connectivity index (χ0v) is 6.47. The van der Waals surface area contributed by atoms with Gasteiger partial charge in [0.25, 0.3) is 0 Å². The first-order chi connectivity index (χ1) is 1.73. The molecule has 0 spiro atoms. The van der Waals surface area contributed by atoms with Gasteiger partial charge in [-0.3, -0.25) is 0 Å². The summed E-state index contributed by atoms with van der Waals surface area (Å²) < 4.78 is 1.81. The molecule has 0 aliphatic heterocycles. The van der Waals surface area contributed by atoms with Crippen LogP contribution in [-0.4, -0.2) is 18.0 Å². The van der Waals surface area contributed by atoms with Gasteiger partial charge in [-0.2, -0.15) is 0 Å². The predicted octanol–water partition coefficient (Wildman–Crippen LogP) is 0.855. The molecule has 0 saturated carbocycles. The van der Waals surface area contributed by atoms with Crippen LogP contribution in [0.25, 0.3) is 0 Å². The average Bonchev–Trinajstić information content (AvgIpc) is 0.811. The molecule has 30 valence electrons. The van der Waals surface area contributed by atoms with Crippen molar-refractivity contribution in [3.8, 4) is 0 Å². The minimum Gasteiger partial charge on any atom is -0.249 e. The van der Waals surface area contributed by atoms with E-state index in [0.29, 0.717) is 0 Å². The molecule has 0 N–H and O–H groups in total. The van der Waals surface area contributed by atoms with Crippen molar-refractivity contribution in [2.45, 2.75) is 0 Å². The fourth-order valence-corrected chi connectivity index (χ4v) is 0. The fraction of sp³-hybridized carbons (Fsp3) is 1.00. The molecule has 0 aromatic rings. The molecule has 0 aliphatic carbocycles. The number of nitrogens with zero attached hydrogens (tertiary/aromatic N) is 1. The average molecular weight is 172 g/mol. The summed E-state index contributed by atoms with van der Waals surface area (Å²) in [5, 5.41) is 0. The molecule has 1 nitrogen and oxygen atoms in total. The fourth-order valence-electron chi connectivity index (χ4n) is 0. The second-order valence-electron chi connectivity index (χ2n) is 0.785. The van der Waals surface area contributed by atoms with Gasteiger partial charge < -0.3 is 0 Å². The maximum atomic E-state index is 3.10. The van der Waals surface area contributed by atoms with Crippen molar-refractivity contribution >= 4 is 16.1 Å². The quantitative estimate of drug-likeness (QED) is 0.386. The Bertz CT molecular complexity index is 14.4. The Labute approximate surface area is 55.9 Å². The van der Waals surface area contributed by atoms with E-state index in [1.54, 1.807) is 0 Å². The van der Waals surface area contributed by atoms with Crippen LogP contribution in [0.2, 0.25) is 0 Å². The molecule has 0 aromatic carbocycles. The van der Waals surface area contributed by atoms with Gasteiger partial charge in [-0.15, -0.1) is 0 Å². The van der Waals surface area contributed by atoms with Gasteiger partial charge in [-0.25, -0.2) is 3.93 Å². The molecular weight excluding hydrogens is 166 g/mol. The molecule has 0 rings (SSSR count). The van der Waals surface area contributed by atoms with Crippen molar-refractivity contribution < 1.29 is 21.7 Å². The molecule has 0 saturated heterocycles. The van der Waals surface area contributed by atoms with Crippen LogP contribution in [0.1, 0.15) is 0 Å². The Hall–Kier alpha value is 1.15. The Balaban J connectivity index is 0. The third kappa shape index (κ3) is 38.5. The van der Waals surface area contributed by atoms with Gasteiger partial charge in [-0.05, 0) is 14.1 Å². The van der Waals surface area contributed by atoms with Crippen molar-refractivity contribution in [2.24, 2.45) is 0 Å². The summed E-state index contributed by atoms with van der Waals surface area (Å²) in [5.74, 6) is 0. The summed E-state index contributed by atoms with van der Waals surface area (Å²) in [4.78, 5) is 0. The van der Waals surface area contributed by atoms with Crippen molar-refractivity contribution in [1.29, 1.82) is 0 Å². The molecule has 0 fully saturated rings. The van der Waals surface area contributed by atoms with E-state index < -0.39 is 0 Å². The first-order valence-corrected chi connectivity index (χ1v) is 1.77. The summed E-state index contributed by atoms with van der Waals surface area (Å²) in [6.07, 6.45) is 0. The van der Waals surface area contributed by atoms with Gasteiger partial charge in [0.05, 0.1) is 0 Å². The van der Waals surface area contributed by atoms with Gasteiger partial charge >= 0.3 is 0 Å².